The van der Waals surface area contributed by atoms with E-state index < -0.39 is 0 Å². The Hall–Kier alpha value is -0.940. The zero-order valence-electron chi connectivity index (χ0n) is 10.5. The highest BCUT2D eigenvalue weighted by Gasteiger charge is 2.23. The Kier molecular flexibility index (Phi) is 4.93. The summed E-state index contributed by atoms with van der Waals surface area (Å²) < 4.78 is 13.4. The van der Waals surface area contributed by atoms with Crippen LogP contribution in [0.1, 0.15) is 36.0 Å². The standard InChI is InChI=1S/C14H17BrFNO2/c15-12-7-10(16)5-6-11(12)14(19)17-8-9-3-1-2-4-13(9)18/h5-7,9,13,18H,1-4,8H2,(H,17,19). The molecule has 0 heterocycles. The Morgan fingerprint density at radius 1 is 1.42 bits per heavy atom. The number of rotatable bonds is 3. The fraction of sp³-hybridized carbons (Fsp3) is 0.500. The normalized spacial score (nSPS) is 23.1. The monoisotopic (exact) mass is 329 g/mol. The number of halogens is 2. The van der Waals surface area contributed by atoms with E-state index in [1.165, 1.54) is 18.2 Å². The molecular formula is C14H17BrFNO2. The Morgan fingerprint density at radius 2 is 2.16 bits per heavy atom. The van der Waals surface area contributed by atoms with Crippen LogP contribution in [0, 0.1) is 11.7 Å². The van der Waals surface area contributed by atoms with Crippen LogP contribution < -0.4 is 5.32 Å². The lowest BCUT2D eigenvalue weighted by Crippen LogP contribution is -2.36. The topological polar surface area (TPSA) is 49.3 Å². The van der Waals surface area contributed by atoms with Crippen molar-refractivity contribution in [2.24, 2.45) is 5.92 Å². The number of amides is 1. The number of nitrogens with one attached hydrogen (secondary N) is 1. The van der Waals surface area contributed by atoms with Gasteiger partial charge in [-0.05, 0) is 47.0 Å². The second-order valence-electron chi connectivity index (χ2n) is 4.95. The van der Waals surface area contributed by atoms with Crippen LogP contribution in [0.25, 0.3) is 0 Å². The molecule has 2 N–H and O–H groups in total. The van der Waals surface area contributed by atoms with Crippen molar-refractivity contribution in [3.63, 3.8) is 0 Å². The van der Waals surface area contributed by atoms with Gasteiger partial charge in [-0.2, -0.15) is 0 Å². The fourth-order valence-corrected chi connectivity index (χ4v) is 2.95. The third kappa shape index (κ3) is 3.76. The number of carbonyl (C=O) groups excluding carboxylic acids is 1. The van der Waals surface area contributed by atoms with E-state index in [0.717, 1.165) is 25.7 Å². The fourth-order valence-electron chi connectivity index (χ4n) is 2.42. The van der Waals surface area contributed by atoms with Crippen LogP contribution in [-0.2, 0) is 0 Å². The summed E-state index contributed by atoms with van der Waals surface area (Å²) in [4.78, 5) is 12.0. The molecule has 1 aliphatic carbocycles. The zero-order chi connectivity index (χ0) is 13.8. The van der Waals surface area contributed by atoms with Crippen molar-refractivity contribution in [3.05, 3.63) is 34.1 Å². The highest BCUT2D eigenvalue weighted by Crippen LogP contribution is 2.24. The molecule has 1 amide bonds. The molecule has 0 spiro atoms. The van der Waals surface area contributed by atoms with Gasteiger partial charge >= 0.3 is 0 Å². The van der Waals surface area contributed by atoms with E-state index >= 15 is 0 Å². The summed E-state index contributed by atoms with van der Waals surface area (Å²) in [7, 11) is 0. The Balaban J connectivity index is 1.93. The van der Waals surface area contributed by atoms with Crippen LogP contribution in [-0.4, -0.2) is 23.7 Å². The molecule has 1 saturated carbocycles. The summed E-state index contributed by atoms with van der Waals surface area (Å²) in [6.45, 7) is 0.462. The molecule has 0 bridgehead atoms. The van der Waals surface area contributed by atoms with Gasteiger partial charge in [0, 0.05) is 16.9 Å². The molecule has 1 fully saturated rings. The molecule has 104 valence electrons. The first-order valence-corrected chi connectivity index (χ1v) is 7.28. The predicted octanol–water partition coefficient (Wildman–Crippen LogP) is 2.87. The van der Waals surface area contributed by atoms with Crippen LogP contribution in [0.15, 0.2) is 22.7 Å². The molecule has 1 aromatic rings. The molecule has 3 nitrogen and oxygen atoms in total. The van der Waals surface area contributed by atoms with Gasteiger partial charge in [0.05, 0.1) is 11.7 Å². The summed E-state index contributed by atoms with van der Waals surface area (Å²) >= 11 is 3.18. The number of aliphatic hydroxyl groups is 1. The van der Waals surface area contributed by atoms with E-state index in [1.807, 2.05) is 0 Å². The minimum absolute atomic E-state index is 0.122. The second-order valence-corrected chi connectivity index (χ2v) is 5.80. The van der Waals surface area contributed by atoms with Crippen LogP contribution in [0.2, 0.25) is 0 Å². The van der Waals surface area contributed by atoms with Gasteiger partial charge < -0.3 is 10.4 Å². The molecule has 0 radical (unpaired) electrons. The summed E-state index contributed by atoms with van der Waals surface area (Å²) in [5.41, 5.74) is 0.409. The molecule has 0 aliphatic heterocycles. The predicted molar refractivity (Wildman–Crippen MR) is 74.4 cm³/mol. The van der Waals surface area contributed by atoms with Crippen LogP contribution >= 0.6 is 15.9 Å². The summed E-state index contributed by atoms with van der Waals surface area (Å²) in [5, 5.41) is 12.6. The Bertz CT molecular complexity index is 467. The number of hydrogen-bond donors (Lipinski definition) is 2. The van der Waals surface area contributed by atoms with Crippen molar-refractivity contribution in [2.75, 3.05) is 6.54 Å². The van der Waals surface area contributed by atoms with Gasteiger partial charge in [0.2, 0.25) is 0 Å². The summed E-state index contributed by atoms with van der Waals surface area (Å²) in [5.74, 6) is -0.507. The van der Waals surface area contributed by atoms with Gasteiger partial charge in [0.15, 0.2) is 0 Å². The SMILES string of the molecule is O=C(NCC1CCCCC1O)c1ccc(F)cc1Br. The van der Waals surface area contributed by atoms with Gasteiger partial charge in [-0.1, -0.05) is 12.8 Å². The zero-order valence-corrected chi connectivity index (χ0v) is 12.1. The van der Waals surface area contributed by atoms with Crippen LogP contribution in [0.3, 0.4) is 0 Å². The highest BCUT2D eigenvalue weighted by atomic mass is 79.9. The quantitative estimate of drug-likeness (QED) is 0.895. The third-order valence-corrected chi connectivity index (χ3v) is 4.23. The third-order valence-electron chi connectivity index (χ3n) is 3.57. The van der Waals surface area contributed by atoms with Crippen molar-refractivity contribution in [1.82, 2.24) is 5.32 Å². The first-order valence-electron chi connectivity index (χ1n) is 6.49. The molecule has 0 saturated heterocycles. The Morgan fingerprint density at radius 3 is 2.84 bits per heavy atom. The number of hydrogen-bond acceptors (Lipinski definition) is 2. The molecule has 2 atom stereocenters. The second kappa shape index (κ2) is 6.48. The van der Waals surface area contributed by atoms with Crippen LogP contribution in [0.4, 0.5) is 4.39 Å². The highest BCUT2D eigenvalue weighted by molar-refractivity contribution is 9.10. The molecule has 1 aromatic carbocycles. The molecular weight excluding hydrogens is 313 g/mol. The molecule has 5 heteroatoms. The lowest BCUT2D eigenvalue weighted by molar-refractivity contribution is 0.0662. The average molecular weight is 330 g/mol. The average Bonchev–Trinajstić information content (AvgIpc) is 2.37. The number of benzene rings is 1. The summed E-state index contributed by atoms with van der Waals surface area (Å²) in [6, 6.07) is 3.98. The van der Waals surface area contributed by atoms with Crippen molar-refractivity contribution < 1.29 is 14.3 Å². The lowest BCUT2D eigenvalue weighted by atomic mass is 9.86. The van der Waals surface area contributed by atoms with Crippen molar-refractivity contribution in [1.29, 1.82) is 0 Å². The maximum absolute atomic E-state index is 12.9. The van der Waals surface area contributed by atoms with Crippen molar-refractivity contribution >= 4 is 21.8 Å². The molecule has 2 rings (SSSR count). The molecule has 2 unspecified atom stereocenters. The van der Waals surface area contributed by atoms with E-state index in [0.29, 0.717) is 16.6 Å². The minimum atomic E-state index is -0.383. The maximum atomic E-state index is 12.9. The van der Waals surface area contributed by atoms with Gasteiger partial charge in [-0.3, -0.25) is 4.79 Å². The maximum Gasteiger partial charge on any atom is 0.252 e. The number of aliphatic hydroxyl groups excluding tert-OH is 1. The van der Waals surface area contributed by atoms with E-state index in [9.17, 15) is 14.3 Å². The molecule has 1 aliphatic rings. The smallest absolute Gasteiger partial charge is 0.252 e. The minimum Gasteiger partial charge on any atom is -0.393 e. The first kappa shape index (κ1) is 14.5. The Labute approximate surface area is 120 Å². The van der Waals surface area contributed by atoms with Crippen molar-refractivity contribution in [2.45, 2.75) is 31.8 Å². The number of carbonyl (C=O) groups is 1. The van der Waals surface area contributed by atoms with E-state index in [4.69, 9.17) is 0 Å². The summed E-state index contributed by atoms with van der Waals surface area (Å²) in [6.07, 6.45) is 3.56. The molecule has 19 heavy (non-hydrogen) atoms. The van der Waals surface area contributed by atoms with Gasteiger partial charge in [-0.15, -0.1) is 0 Å². The van der Waals surface area contributed by atoms with E-state index in [-0.39, 0.29) is 23.7 Å². The van der Waals surface area contributed by atoms with Gasteiger partial charge in [0.25, 0.3) is 5.91 Å². The van der Waals surface area contributed by atoms with E-state index in [1.54, 1.807) is 0 Å². The van der Waals surface area contributed by atoms with Gasteiger partial charge in [-0.25, -0.2) is 4.39 Å². The molecule has 0 aromatic heterocycles. The van der Waals surface area contributed by atoms with E-state index in [2.05, 4.69) is 21.2 Å². The van der Waals surface area contributed by atoms with Crippen molar-refractivity contribution in [3.8, 4) is 0 Å². The largest absolute Gasteiger partial charge is 0.393 e. The first-order chi connectivity index (χ1) is 9.08. The van der Waals surface area contributed by atoms with Crippen LogP contribution in [0.5, 0.6) is 0 Å². The van der Waals surface area contributed by atoms with Gasteiger partial charge in [0.1, 0.15) is 5.82 Å². The lowest BCUT2D eigenvalue weighted by Gasteiger charge is -2.27.